The number of hydrogen-bond acceptors (Lipinski definition) is 5. The summed E-state index contributed by atoms with van der Waals surface area (Å²) in [5.41, 5.74) is -1.33. The number of rotatable bonds is 8. The molecule has 11 heteroatoms. The maximum atomic E-state index is 13.3. The molecule has 0 saturated heterocycles. The van der Waals surface area contributed by atoms with E-state index in [1.54, 1.807) is 32.5 Å². The van der Waals surface area contributed by atoms with Gasteiger partial charge in [0.25, 0.3) is 5.91 Å². The minimum atomic E-state index is -4.70. The first-order valence-corrected chi connectivity index (χ1v) is 14.2. The number of ether oxygens (including phenoxy) is 1. The topological polar surface area (TPSA) is 96.5 Å². The summed E-state index contributed by atoms with van der Waals surface area (Å²) in [6.45, 7) is 6.50. The van der Waals surface area contributed by atoms with E-state index >= 15 is 0 Å². The molecule has 0 radical (unpaired) electrons. The smallest absolute Gasteiger partial charge is 0.416 e. The summed E-state index contributed by atoms with van der Waals surface area (Å²) < 4.78 is 45.2. The van der Waals surface area contributed by atoms with Crippen LogP contribution in [0.1, 0.15) is 67.9 Å². The minimum Gasteiger partial charge on any atom is -0.444 e. The van der Waals surface area contributed by atoms with Crippen molar-refractivity contribution in [3.05, 3.63) is 59.2 Å². The third kappa shape index (κ3) is 9.76. The Balaban J connectivity index is 1.63. The van der Waals surface area contributed by atoms with E-state index in [0.717, 1.165) is 48.5 Å². The molecule has 3 amide bonds. The zero-order valence-electron chi connectivity index (χ0n) is 23.1. The summed E-state index contributed by atoms with van der Waals surface area (Å²) in [6.07, 6.45) is -1.79. The molecule has 0 aromatic heterocycles. The van der Waals surface area contributed by atoms with Crippen LogP contribution in [-0.4, -0.2) is 41.8 Å². The zero-order chi connectivity index (χ0) is 29.5. The van der Waals surface area contributed by atoms with Crippen LogP contribution in [0.5, 0.6) is 0 Å². The molecule has 0 bridgehead atoms. The summed E-state index contributed by atoms with van der Waals surface area (Å²) in [5.74, 6) is -0.265. The van der Waals surface area contributed by atoms with Gasteiger partial charge in [-0.2, -0.15) is 13.2 Å². The molecule has 1 aliphatic rings. The highest BCUT2D eigenvalue weighted by atomic mass is 32.2. The summed E-state index contributed by atoms with van der Waals surface area (Å²) in [4.78, 5) is 39.0. The number of halogens is 3. The predicted octanol–water partition coefficient (Wildman–Crippen LogP) is 6.56. The van der Waals surface area contributed by atoms with Crippen LogP contribution in [-0.2, 0) is 15.7 Å². The van der Waals surface area contributed by atoms with Gasteiger partial charge < -0.3 is 15.4 Å². The number of anilines is 1. The first-order valence-electron chi connectivity index (χ1n) is 13.2. The van der Waals surface area contributed by atoms with Crippen molar-refractivity contribution >= 4 is 35.4 Å². The standard InChI is InChI=1S/C29H36F3N3O4S/c1-18-9-12-21(13-10-18)40-17-19-7-5-6-8-23(19)34-25(36)16-33-26(37)22-15-20(29(30,31)32)11-14-24(22)35-27(38)39-28(2,3)4/h9-15,19,23H,5-8,16-17H2,1-4H3,(H,33,37)(H,34,36)(H,35,38)/t19-,23+/m1/s1. The van der Waals surface area contributed by atoms with Crippen LogP contribution >= 0.6 is 11.8 Å². The lowest BCUT2D eigenvalue weighted by molar-refractivity contribution is -0.137. The van der Waals surface area contributed by atoms with Crippen molar-refractivity contribution in [1.29, 1.82) is 0 Å². The van der Waals surface area contributed by atoms with Crippen LogP contribution in [0, 0.1) is 12.8 Å². The van der Waals surface area contributed by atoms with Crippen LogP contribution in [0.3, 0.4) is 0 Å². The van der Waals surface area contributed by atoms with Crippen molar-refractivity contribution in [2.24, 2.45) is 5.92 Å². The van der Waals surface area contributed by atoms with Gasteiger partial charge in [-0.15, -0.1) is 11.8 Å². The number of aryl methyl sites for hydroxylation is 1. The van der Waals surface area contributed by atoms with Gasteiger partial charge in [-0.25, -0.2) is 4.79 Å². The lowest BCUT2D eigenvalue weighted by Gasteiger charge is -2.32. The quantitative estimate of drug-likeness (QED) is 0.308. The maximum Gasteiger partial charge on any atom is 0.416 e. The SMILES string of the molecule is Cc1ccc(SC[C@H]2CCCC[C@@H]2NC(=O)CNC(=O)c2cc(C(F)(F)F)ccc2NC(=O)OC(C)(C)C)cc1. The summed E-state index contributed by atoms with van der Waals surface area (Å²) >= 11 is 1.74. The number of amides is 3. The summed E-state index contributed by atoms with van der Waals surface area (Å²) in [7, 11) is 0. The van der Waals surface area contributed by atoms with Crippen molar-refractivity contribution in [2.75, 3.05) is 17.6 Å². The highest BCUT2D eigenvalue weighted by Gasteiger charge is 2.32. The molecule has 7 nitrogen and oxygen atoms in total. The van der Waals surface area contributed by atoms with E-state index in [1.807, 2.05) is 6.92 Å². The van der Waals surface area contributed by atoms with Gasteiger partial charge in [0.05, 0.1) is 23.4 Å². The van der Waals surface area contributed by atoms with Gasteiger partial charge in [0.1, 0.15) is 5.60 Å². The largest absolute Gasteiger partial charge is 0.444 e. The van der Waals surface area contributed by atoms with Gasteiger partial charge in [-0.05, 0) is 76.8 Å². The van der Waals surface area contributed by atoms with Gasteiger partial charge in [-0.3, -0.25) is 14.9 Å². The second kappa shape index (κ2) is 13.4. The monoisotopic (exact) mass is 579 g/mol. The molecule has 0 heterocycles. The van der Waals surface area contributed by atoms with Crippen LogP contribution in [0.15, 0.2) is 47.4 Å². The van der Waals surface area contributed by atoms with E-state index in [9.17, 15) is 27.6 Å². The minimum absolute atomic E-state index is 0.0611. The second-order valence-corrected chi connectivity index (χ2v) is 12.0. The van der Waals surface area contributed by atoms with Crippen LogP contribution in [0.25, 0.3) is 0 Å². The molecule has 0 unspecified atom stereocenters. The Hall–Kier alpha value is -3.21. The molecule has 2 aromatic carbocycles. The number of hydrogen-bond donors (Lipinski definition) is 3. The number of alkyl halides is 3. The number of carbonyl (C=O) groups excluding carboxylic acids is 3. The Morgan fingerprint density at radius 1 is 1.00 bits per heavy atom. The van der Waals surface area contributed by atoms with E-state index in [1.165, 1.54) is 5.56 Å². The molecule has 2 aromatic rings. The van der Waals surface area contributed by atoms with Crippen molar-refractivity contribution < 1.29 is 32.3 Å². The first kappa shape index (κ1) is 31.3. The summed E-state index contributed by atoms with van der Waals surface area (Å²) in [6, 6.07) is 10.6. The molecule has 2 atom stereocenters. The molecule has 218 valence electrons. The van der Waals surface area contributed by atoms with Crippen LogP contribution < -0.4 is 16.0 Å². The first-order chi connectivity index (χ1) is 18.7. The predicted molar refractivity (Wildman–Crippen MR) is 149 cm³/mol. The Morgan fingerprint density at radius 3 is 2.33 bits per heavy atom. The Bertz CT molecular complexity index is 1200. The fourth-order valence-corrected chi connectivity index (χ4v) is 5.51. The van der Waals surface area contributed by atoms with Gasteiger partial charge in [0, 0.05) is 16.7 Å². The van der Waals surface area contributed by atoms with Crippen molar-refractivity contribution in [1.82, 2.24) is 10.6 Å². The van der Waals surface area contributed by atoms with Gasteiger partial charge in [0.2, 0.25) is 5.91 Å². The molecule has 0 spiro atoms. The van der Waals surface area contributed by atoms with Gasteiger partial charge in [-0.1, -0.05) is 30.5 Å². The number of benzene rings is 2. The van der Waals surface area contributed by atoms with Gasteiger partial charge >= 0.3 is 12.3 Å². The number of nitrogens with one attached hydrogen (secondary N) is 3. The third-order valence-corrected chi connectivity index (χ3v) is 7.58. The average molecular weight is 580 g/mol. The molecule has 1 saturated carbocycles. The van der Waals surface area contributed by atoms with E-state index in [2.05, 4.69) is 40.2 Å². The fourth-order valence-electron chi connectivity index (χ4n) is 4.38. The lowest BCUT2D eigenvalue weighted by Crippen LogP contribution is -2.47. The highest BCUT2D eigenvalue weighted by Crippen LogP contribution is 2.33. The van der Waals surface area contributed by atoms with E-state index in [4.69, 9.17) is 4.74 Å². The highest BCUT2D eigenvalue weighted by molar-refractivity contribution is 7.99. The molecule has 40 heavy (non-hydrogen) atoms. The molecule has 1 fully saturated rings. The molecule has 3 rings (SSSR count). The molecule has 1 aliphatic carbocycles. The lowest BCUT2D eigenvalue weighted by atomic mass is 9.86. The zero-order valence-corrected chi connectivity index (χ0v) is 23.9. The Kier molecular flexibility index (Phi) is 10.5. The Morgan fingerprint density at radius 2 is 1.68 bits per heavy atom. The molecule has 3 N–H and O–H groups in total. The van der Waals surface area contributed by atoms with Crippen molar-refractivity contribution in [2.45, 2.75) is 76.1 Å². The van der Waals surface area contributed by atoms with Crippen LogP contribution in [0.2, 0.25) is 0 Å². The molecular weight excluding hydrogens is 543 g/mol. The second-order valence-electron chi connectivity index (χ2n) is 10.9. The average Bonchev–Trinajstić information content (AvgIpc) is 2.86. The van der Waals surface area contributed by atoms with E-state index in [0.29, 0.717) is 6.07 Å². The summed E-state index contributed by atoms with van der Waals surface area (Å²) in [5, 5.41) is 7.71. The fraction of sp³-hybridized carbons (Fsp3) is 0.483. The van der Waals surface area contributed by atoms with Crippen LogP contribution in [0.4, 0.5) is 23.7 Å². The Labute approximate surface area is 237 Å². The third-order valence-electron chi connectivity index (χ3n) is 6.38. The maximum absolute atomic E-state index is 13.3. The normalized spacial score (nSPS) is 17.6. The van der Waals surface area contributed by atoms with Crippen molar-refractivity contribution in [3.63, 3.8) is 0 Å². The molecule has 0 aliphatic heterocycles. The van der Waals surface area contributed by atoms with E-state index < -0.39 is 47.4 Å². The van der Waals surface area contributed by atoms with Crippen molar-refractivity contribution in [3.8, 4) is 0 Å². The van der Waals surface area contributed by atoms with E-state index in [-0.39, 0.29) is 17.6 Å². The van der Waals surface area contributed by atoms with Gasteiger partial charge in [0.15, 0.2) is 0 Å². The number of carbonyl (C=O) groups is 3. The molecular formula is C29H36F3N3O4S. The number of thioether (sulfide) groups is 1.